The Balaban J connectivity index is 1.04. The van der Waals surface area contributed by atoms with Gasteiger partial charge in [0.05, 0.1) is 5.52 Å². The lowest BCUT2D eigenvalue weighted by Crippen LogP contribution is -2.48. The molecule has 3 N–H and O–H groups in total. The summed E-state index contributed by atoms with van der Waals surface area (Å²) in [5.41, 5.74) is 8.88. The third-order valence-electron chi connectivity index (χ3n) is 8.97. The summed E-state index contributed by atoms with van der Waals surface area (Å²) in [7, 11) is 0. The number of primary amides is 1. The predicted molar refractivity (Wildman–Crippen MR) is 167 cm³/mol. The summed E-state index contributed by atoms with van der Waals surface area (Å²) in [5.74, 6) is -0.374. The van der Waals surface area contributed by atoms with E-state index in [4.69, 9.17) is 20.6 Å². The number of hydrogen-bond donors (Lipinski definition) is 2. The molecule has 0 saturated carbocycles. The minimum Gasteiger partial charge on any atom is -0.489 e. The van der Waals surface area contributed by atoms with Crippen molar-refractivity contribution in [3.8, 4) is 5.75 Å². The van der Waals surface area contributed by atoms with E-state index in [0.29, 0.717) is 24.4 Å². The Morgan fingerprint density at radius 3 is 2.58 bits per heavy atom. The molecule has 3 aromatic rings. The number of anilines is 1. The Labute approximate surface area is 261 Å². The van der Waals surface area contributed by atoms with Crippen LogP contribution in [-0.4, -0.2) is 99.9 Å². The van der Waals surface area contributed by atoms with Crippen LogP contribution >= 0.6 is 0 Å². The monoisotopic (exact) mass is 614 g/mol. The van der Waals surface area contributed by atoms with Crippen LogP contribution in [0.3, 0.4) is 0 Å². The predicted octanol–water partition coefficient (Wildman–Crippen LogP) is 2.23. The van der Waals surface area contributed by atoms with Crippen LogP contribution in [0.1, 0.15) is 47.7 Å². The number of aliphatic carboxylic acids is 1. The molecule has 0 radical (unpaired) electrons. The van der Waals surface area contributed by atoms with Crippen molar-refractivity contribution in [3.05, 3.63) is 65.2 Å². The highest BCUT2D eigenvalue weighted by Gasteiger charge is 2.36. The summed E-state index contributed by atoms with van der Waals surface area (Å²) in [6.07, 6.45) is 0.592. The average Bonchev–Trinajstić information content (AvgIpc) is 3.59. The number of nitrogens with two attached hydrogens (primary N) is 1. The molecule has 4 heterocycles. The molecule has 236 valence electrons. The molecule has 2 atom stereocenters. The van der Waals surface area contributed by atoms with Gasteiger partial charge in [-0.1, -0.05) is 6.07 Å². The number of aromatic nitrogens is 1. The number of carbonyl (C=O) groups is 4. The van der Waals surface area contributed by atoms with Gasteiger partial charge in [-0.25, -0.2) is 4.98 Å². The van der Waals surface area contributed by atoms with Crippen molar-refractivity contribution in [1.29, 1.82) is 0 Å². The van der Waals surface area contributed by atoms with Crippen molar-refractivity contribution in [1.82, 2.24) is 19.7 Å². The Hall–Kier alpha value is -4.71. The largest absolute Gasteiger partial charge is 0.489 e. The zero-order valence-corrected chi connectivity index (χ0v) is 25.4. The van der Waals surface area contributed by atoms with Gasteiger partial charge in [0.25, 0.3) is 5.91 Å². The van der Waals surface area contributed by atoms with E-state index in [1.807, 2.05) is 11.0 Å². The maximum absolute atomic E-state index is 13.0. The fourth-order valence-electron chi connectivity index (χ4n) is 6.53. The van der Waals surface area contributed by atoms with Crippen molar-refractivity contribution in [3.63, 3.8) is 0 Å². The van der Waals surface area contributed by atoms with Crippen LogP contribution < -0.4 is 15.4 Å². The van der Waals surface area contributed by atoms with Gasteiger partial charge in [-0.3, -0.25) is 24.1 Å². The summed E-state index contributed by atoms with van der Waals surface area (Å²) in [5, 5.41) is 10.1. The van der Waals surface area contributed by atoms with Crippen molar-refractivity contribution < 1.29 is 29.0 Å². The first kappa shape index (κ1) is 30.3. The number of pyridine rings is 1. The first-order valence-electron chi connectivity index (χ1n) is 15.4. The number of carbonyl (C=O) groups excluding carboxylic acids is 3. The van der Waals surface area contributed by atoms with Crippen LogP contribution in [0.25, 0.3) is 10.9 Å². The van der Waals surface area contributed by atoms with Crippen LogP contribution in [0.5, 0.6) is 5.75 Å². The Morgan fingerprint density at radius 2 is 1.84 bits per heavy atom. The minimum absolute atomic E-state index is 0.00153. The molecule has 12 heteroatoms. The molecule has 0 unspecified atom stereocenters. The molecule has 0 bridgehead atoms. The van der Waals surface area contributed by atoms with E-state index in [1.54, 1.807) is 19.1 Å². The summed E-state index contributed by atoms with van der Waals surface area (Å²) in [6, 6.07) is 14.9. The van der Waals surface area contributed by atoms with Crippen molar-refractivity contribution in [2.45, 2.75) is 51.4 Å². The minimum atomic E-state index is -1.05. The molecular formula is C33H38N6O6. The van der Waals surface area contributed by atoms with Gasteiger partial charge < -0.3 is 30.3 Å². The standard InChI is InChI=1S/C33H38N6O6/c1-21(40)37-12-14-38(15-13-37)30-8-3-23-16-22(2-6-28(23)35-30)18-36-11-10-26(20-36)45-25-4-5-27-24(17-25)19-39(33(27)44)29(32(34)43)7-9-31(41)42/h2-6,8,16-17,26,29H,7,9-15,18-20H2,1H3,(H2,34,43)(H,41,42)/t26-,29-/m0/s1. The zero-order valence-electron chi connectivity index (χ0n) is 25.4. The Morgan fingerprint density at radius 1 is 1.04 bits per heavy atom. The zero-order chi connectivity index (χ0) is 31.7. The maximum atomic E-state index is 13.0. The number of hydrogen-bond acceptors (Lipinski definition) is 8. The Kier molecular flexibility index (Phi) is 8.57. The SMILES string of the molecule is CC(=O)N1CCN(c2ccc3cc(CN4CC[C@H](Oc5ccc6c(c5)CN([C@@H](CCC(=O)O)C(N)=O)C6=O)C4)ccc3n2)CC1. The molecule has 12 nitrogen and oxygen atoms in total. The van der Waals surface area contributed by atoms with Gasteiger partial charge in [0.2, 0.25) is 11.8 Å². The van der Waals surface area contributed by atoms with E-state index < -0.39 is 17.9 Å². The Bertz CT molecular complexity index is 1640. The fourth-order valence-corrected chi connectivity index (χ4v) is 6.53. The summed E-state index contributed by atoms with van der Waals surface area (Å²) in [6.45, 7) is 7.24. The number of piperazine rings is 1. The summed E-state index contributed by atoms with van der Waals surface area (Å²) in [4.78, 5) is 60.3. The summed E-state index contributed by atoms with van der Waals surface area (Å²) < 4.78 is 6.31. The lowest BCUT2D eigenvalue weighted by atomic mass is 10.1. The molecule has 3 amide bonds. The topological polar surface area (TPSA) is 150 Å². The number of likely N-dealkylation sites (tertiary alicyclic amines) is 1. The van der Waals surface area contributed by atoms with Crippen LogP contribution in [0.4, 0.5) is 5.82 Å². The van der Waals surface area contributed by atoms with Crippen molar-refractivity contribution in [2.75, 3.05) is 44.2 Å². The highest BCUT2D eigenvalue weighted by molar-refractivity contribution is 6.01. The van der Waals surface area contributed by atoms with Gasteiger partial charge in [-0.15, -0.1) is 0 Å². The van der Waals surface area contributed by atoms with Crippen molar-refractivity contribution in [2.24, 2.45) is 5.73 Å². The molecule has 1 aromatic heterocycles. The van der Waals surface area contributed by atoms with E-state index in [9.17, 15) is 19.2 Å². The molecule has 2 fully saturated rings. The molecule has 3 aliphatic rings. The number of rotatable bonds is 10. The van der Waals surface area contributed by atoms with Gasteiger partial charge >= 0.3 is 5.97 Å². The fraction of sp³-hybridized carbons (Fsp3) is 0.424. The first-order valence-corrected chi connectivity index (χ1v) is 15.4. The van der Waals surface area contributed by atoms with E-state index in [2.05, 4.69) is 40.1 Å². The van der Waals surface area contributed by atoms with Crippen LogP contribution in [0, 0.1) is 0 Å². The van der Waals surface area contributed by atoms with Crippen LogP contribution in [0.15, 0.2) is 48.5 Å². The maximum Gasteiger partial charge on any atom is 0.303 e. The number of carboxylic acid groups (broad SMARTS) is 1. The lowest BCUT2D eigenvalue weighted by Gasteiger charge is -2.35. The van der Waals surface area contributed by atoms with Crippen molar-refractivity contribution >= 4 is 40.4 Å². The number of nitrogens with zero attached hydrogens (tertiary/aromatic N) is 5. The van der Waals surface area contributed by atoms with Gasteiger partial charge in [-0.05, 0) is 66.4 Å². The molecule has 0 aliphatic carbocycles. The van der Waals surface area contributed by atoms with E-state index in [0.717, 1.165) is 61.4 Å². The molecule has 45 heavy (non-hydrogen) atoms. The number of amides is 3. The third-order valence-corrected chi connectivity index (χ3v) is 8.97. The molecule has 3 aliphatic heterocycles. The highest BCUT2D eigenvalue weighted by Crippen LogP contribution is 2.31. The molecular weight excluding hydrogens is 576 g/mol. The molecule has 6 rings (SSSR count). The smallest absolute Gasteiger partial charge is 0.303 e. The quantitative estimate of drug-likeness (QED) is 0.351. The van der Waals surface area contributed by atoms with E-state index >= 15 is 0 Å². The second-order valence-electron chi connectivity index (χ2n) is 12.1. The third kappa shape index (κ3) is 6.70. The normalized spacial score (nSPS) is 19.2. The lowest BCUT2D eigenvalue weighted by molar-refractivity contribution is -0.137. The van der Waals surface area contributed by atoms with Crippen LogP contribution in [0.2, 0.25) is 0 Å². The molecule has 2 aromatic carbocycles. The highest BCUT2D eigenvalue weighted by atomic mass is 16.5. The van der Waals surface area contributed by atoms with Gasteiger partial charge in [0.15, 0.2) is 0 Å². The van der Waals surface area contributed by atoms with Crippen LogP contribution in [-0.2, 0) is 27.5 Å². The molecule has 0 spiro atoms. The van der Waals surface area contributed by atoms with E-state index in [-0.39, 0.29) is 37.3 Å². The second kappa shape index (κ2) is 12.7. The number of fused-ring (bicyclic) bond motifs is 2. The average molecular weight is 615 g/mol. The number of carboxylic acids is 1. The summed E-state index contributed by atoms with van der Waals surface area (Å²) >= 11 is 0. The first-order chi connectivity index (χ1) is 21.6. The molecule has 2 saturated heterocycles. The van der Waals surface area contributed by atoms with Gasteiger partial charge in [-0.2, -0.15) is 0 Å². The number of ether oxygens (including phenoxy) is 1. The van der Waals surface area contributed by atoms with Gasteiger partial charge in [0, 0.05) is 76.7 Å². The number of benzene rings is 2. The van der Waals surface area contributed by atoms with E-state index in [1.165, 1.54) is 10.5 Å². The van der Waals surface area contributed by atoms with Gasteiger partial charge in [0.1, 0.15) is 23.7 Å². The second-order valence-corrected chi connectivity index (χ2v) is 12.1.